The first kappa shape index (κ1) is 13.5. The van der Waals surface area contributed by atoms with E-state index in [4.69, 9.17) is 4.52 Å². The van der Waals surface area contributed by atoms with Gasteiger partial charge in [0, 0.05) is 11.1 Å². The molecule has 3 nitrogen and oxygen atoms in total. The van der Waals surface area contributed by atoms with Crippen molar-refractivity contribution in [2.45, 2.75) is 6.92 Å². The number of rotatable bonds is 4. The number of nitrogens with zero attached hydrogens (tertiary/aromatic N) is 2. The molecule has 2 heterocycles. The van der Waals surface area contributed by atoms with Crippen LogP contribution in [-0.4, -0.2) is 11.4 Å². The molecule has 104 valence electrons. The van der Waals surface area contributed by atoms with Crippen LogP contribution >= 0.6 is 11.3 Å². The number of benzene rings is 1. The van der Waals surface area contributed by atoms with Gasteiger partial charge in [-0.2, -0.15) is 0 Å². The van der Waals surface area contributed by atoms with Gasteiger partial charge in [-0.05, 0) is 30.0 Å². The second kappa shape index (κ2) is 6.33. The van der Waals surface area contributed by atoms with Crippen molar-refractivity contribution in [2.75, 3.05) is 0 Å². The van der Waals surface area contributed by atoms with Crippen molar-refractivity contribution in [1.29, 1.82) is 0 Å². The van der Waals surface area contributed by atoms with Gasteiger partial charge in [0.05, 0.1) is 0 Å². The molecule has 0 radical (unpaired) electrons. The summed E-state index contributed by atoms with van der Waals surface area (Å²) >= 11 is 1.65. The van der Waals surface area contributed by atoms with Gasteiger partial charge in [-0.15, -0.1) is 11.3 Å². The van der Waals surface area contributed by atoms with Crippen molar-refractivity contribution in [2.24, 2.45) is 4.99 Å². The Balaban J connectivity index is 1.85. The highest BCUT2D eigenvalue weighted by molar-refractivity contribution is 7.11. The van der Waals surface area contributed by atoms with E-state index in [0.29, 0.717) is 5.76 Å². The summed E-state index contributed by atoms with van der Waals surface area (Å²) in [6, 6.07) is 14.1. The molecule has 0 amide bonds. The van der Waals surface area contributed by atoms with Crippen LogP contribution in [-0.2, 0) is 0 Å². The SMILES string of the molecule is Cc1noc(C=Cc2ccccc2)c1N=Cc1cccs1. The lowest BCUT2D eigenvalue weighted by Crippen LogP contribution is -1.75. The monoisotopic (exact) mass is 294 g/mol. The van der Waals surface area contributed by atoms with Crippen LogP contribution in [0.2, 0.25) is 0 Å². The molecular weight excluding hydrogens is 280 g/mol. The van der Waals surface area contributed by atoms with Gasteiger partial charge in [0.1, 0.15) is 11.4 Å². The van der Waals surface area contributed by atoms with Crippen LogP contribution in [0.4, 0.5) is 5.69 Å². The molecule has 3 rings (SSSR count). The van der Waals surface area contributed by atoms with Crippen LogP contribution in [0.25, 0.3) is 12.2 Å². The molecule has 0 spiro atoms. The van der Waals surface area contributed by atoms with Crippen molar-refractivity contribution in [3.8, 4) is 0 Å². The van der Waals surface area contributed by atoms with Gasteiger partial charge < -0.3 is 4.52 Å². The van der Waals surface area contributed by atoms with E-state index in [0.717, 1.165) is 21.8 Å². The Bertz CT molecular complexity index is 755. The number of hydrogen-bond acceptors (Lipinski definition) is 4. The summed E-state index contributed by atoms with van der Waals surface area (Å²) in [6.45, 7) is 1.89. The predicted molar refractivity (Wildman–Crippen MR) is 88.2 cm³/mol. The highest BCUT2D eigenvalue weighted by Crippen LogP contribution is 2.25. The number of aryl methyl sites for hydroxylation is 1. The fraction of sp³-hybridized carbons (Fsp3) is 0.0588. The first-order chi connectivity index (χ1) is 10.3. The lowest BCUT2D eigenvalue weighted by atomic mass is 10.2. The quantitative estimate of drug-likeness (QED) is 0.637. The van der Waals surface area contributed by atoms with Gasteiger partial charge in [0.2, 0.25) is 0 Å². The van der Waals surface area contributed by atoms with Gasteiger partial charge in [-0.25, -0.2) is 4.99 Å². The summed E-state index contributed by atoms with van der Waals surface area (Å²) in [4.78, 5) is 5.60. The molecule has 1 aromatic carbocycles. The number of hydrogen-bond donors (Lipinski definition) is 0. The Kier molecular flexibility index (Phi) is 4.07. The van der Waals surface area contributed by atoms with Crippen LogP contribution in [0.3, 0.4) is 0 Å². The predicted octanol–water partition coefficient (Wildman–Crippen LogP) is 4.97. The van der Waals surface area contributed by atoms with Crippen LogP contribution in [0.15, 0.2) is 57.4 Å². The van der Waals surface area contributed by atoms with Gasteiger partial charge in [-0.1, -0.05) is 47.6 Å². The Morgan fingerprint density at radius 2 is 1.95 bits per heavy atom. The first-order valence-corrected chi connectivity index (χ1v) is 7.48. The van der Waals surface area contributed by atoms with E-state index in [2.05, 4.69) is 10.1 Å². The standard InChI is InChI=1S/C17H14N2OS/c1-13-17(18-12-15-8-5-11-21-15)16(20-19-13)10-9-14-6-3-2-4-7-14/h2-12H,1H3. The molecule has 0 N–H and O–H groups in total. The van der Waals surface area contributed by atoms with E-state index in [9.17, 15) is 0 Å². The fourth-order valence-corrected chi connectivity index (χ4v) is 2.46. The van der Waals surface area contributed by atoms with E-state index in [1.54, 1.807) is 11.3 Å². The molecule has 4 heteroatoms. The minimum Gasteiger partial charge on any atom is -0.354 e. The summed E-state index contributed by atoms with van der Waals surface area (Å²) in [5, 5.41) is 6.02. The third-order valence-corrected chi connectivity index (χ3v) is 3.75. The smallest absolute Gasteiger partial charge is 0.185 e. The largest absolute Gasteiger partial charge is 0.354 e. The van der Waals surface area contributed by atoms with E-state index in [1.165, 1.54) is 0 Å². The van der Waals surface area contributed by atoms with Gasteiger partial charge in [0.25, 0.3) is 0 Å². The van der Waals surface area contributed by atoms with Gasteiger partial charge in [0.15, 0.2) is 5.76 Å². The van der Waals surface area contributed by atoms with Crippen LogP contribution in [0.1, 0.15) is 21.9 Å². The third-order valence-electron chi connectivity index (χ3n) is 2.95. The van der Waals surface area contributed by atoms with Crippen LogP contribution in [0, 0.1) is 6.92 Å². The zero-order valence-corrected chi connectivity index (χ0v) is 12.4. The molecule has 21 heavy (non-hydrogen) atoms. The summed E-state index contributed by atoms with van der Waals surface area (Å²) < 4.78 is 5.34. The zero-order valence-electron chi connectivity index (χ0n) is 11.6. The molecule has 0 bridgehead atoms. The maximum absolute atomic E-state index is 5.34. The Morgan fingerprint density at radius 3 is 2.71 bits per heavy atom. The number of aromatic nitrogens is 1. The Hall–Kier alpha value is -2.46. The molecule has 0 atom stereocenters. The summed E-state index contributed by atoms with van der Waals surface area (Å²) in [5.41, 5.74) is 2.67. The minimum absolute atomic E-state index is 0.671. The normalized spacial score (nSPS) is 11.7. The molecule has 0 saturated heterocycles. The minimum atomic E-state index is 0.671. The fourth-order valence-electron chi connectivity index (χ4n) is 1.88. The maximum Gasteiger partial charge on any atom is 0.185 e. The number of aliphatic imine (C=N–C) groups is 1. The molecule has 0 aliphatic carbocycles. The van der Waals surface area contributed by atoms with Crippen molar-refractivity contribution in [3.63, 3.8) is 0 Å². The average Bonchev–Trinajstić information content (AvgIpc) is 3.14. The molecule has 0 aliphatic rings. The lowest BCUT2D eigenvalue weighted by Gasteiger charge is -1.92. The van der Waals surface area contributed by atoms with Crippen LogP contribution in [0.5, 0.6) is 0 Å². The van der Waals surface area contributed by atoms with E-state index >= 15 is 0 Å². The van der Waals surface area contributed by atoms with Crippen molar-refractivity contribution in [3.05, 3.63) is 69.7 Å². The van der Waals surface area contributed by atoms with E-state index in [1.807, 2.05) is 73.1 Å². The molecule has 0 saturated carbocycles. The highest BCUT2D eigenvalue weighted by atomic mass is 32.1. The molecule has 3 aromatic rings. The summed E-state index contributed by atoms with van der Waals surface area (Å²) in [7, 11) is 0. The zero-order chi connectivity index (χ0) is 14.5. The van der Waals surface area contributed by atoms with Crippen molar-refractivity contribution >= 4 is 35.4 Å². The molecule has 0 aliphatic heterocycles. The van der Waals surface area contributed by atoms with Gasteiger partial charge >= 0.3 is 0 Å². The first-order valence-electron chi connectivity index (χ1n) is 6.60. The molecule has 0 fully saturated rings. The molecule has 2 aromatic heterocycles. The maximum atomic E-state index is 5.34. The lowest BCUT2D eigenvalue weighted by molar-refractivity contribution is 0.408. The number of thiophene rings is 1. The highest BCUT2D eigenvalue weighted by Gasteiger charge is 2.08. The molecule has 0 unspecified atom stereocenters. The van der Waals surface area contributed by atoms with E-state index in [-0.39, 0.29) is 0 Å². The second-order valence-electron chi connectivity index (χ2n) is 4.50. The topological polar surface area (TPSA) is 38.4 Å². The van der Waals surface area contributed by atoms with Crippen molar-refractivity contribution in [1.82, 2.24) is 5.16 Å². The molecular formula is C17H14N2OS. The Labute approximate surface area is 127 Å². The van der Waals surface area contributed by atoms with Crippen LogP contribution < -0.4 is 0 Å². The third kappa shape index (κ3) is 3.35. The van der Waals surface area contributed by atoms with E-state index < -0.39 is 0 Å². The Morgan fingerprint density at radius 1 is 1.10 bits per heavy atom. The summed E-state index contributed by atoms with van der Waals surface area (Å²) in [6.07, 6.45) is 5.73. The average molecular weight is 294 g/mol. The van der Waals surface area contributed by atoms with Crippen molar-refractivity contribution < 1.29 is 4.52 Å². The van der Waals surface area contributed by atoms with Gasteiger partial charge in [-0.3, -0.25) is 0 Å². The summed E-state index contributed by atoms with van der Waals surface area (Å²) in [5.74, 6) is 0.671. The second-order valence-corrected chi connectivity index (χ2v) is 5.48.